The molecule has 1 saturated heterocycles. The lowest BCUT2D eigenvalue weighted by atomic mass is 9.38. The Kier molecular flexibility index (Phi) is 2.72. The molecular weight excluding hydrogens is 314 g/mol. The number of aliphatic hydroxyl groups excluding tert-OH is 2. The summed E-state index contributed by atoms with van der Waals surface area (Å²) < 4.78 is 0. The molecule has 0 aromatic carbocycles. The van der Waals surface area contributed by atoms with Gasteiger partial charge in [-0.2, -0.15) is 0 Å². The molecule has 0 radical (unpaired) electrons. The third kappa shape index (κ3) is 1.35. The van der Waals surface area contributed by atoms with Crippen LogP contribution in [0.1, 0.15) is 51.9 Å². The number of nitrogens with zero attached hydrogens (tertiary/aromatic N) is 1. The molecule has 4 unspecified atom stereocenters. The molecule has 7 bridgehead atoms. The number of hydrogen-bond donors (Lipinski definition) is 3. The largest absolute Gasteiger partial charge is 0.393 e. The number of hydrogen-bond acceptors (Lipinski definition) is 4. The zero-order valence-corrected chi connectivity index (χ0v) is 15.6. The fourth-order valence-electron chi connectivity index (χ4n) is 10.4. The van der Waals surface area contributed by atoms with E-state index >= 15 is 0 Å². The highest BCUT2D eigenvalue weighted by molar-refractivity contribution is 5.33. The van der Waals surface area contributed by atoms with Gasteiger partial charge in [0.1, 0.15) is 5.60 Å². The van der Waals surface area contributed by atoms with Crippen LogP contribution in [0.3, 0.4) is 0 Å². The average molecular weight is 347 g/mol. The fraction of sp³-hybridized carbons (Fsp3) is 1.00. The molecule has 3 N–H and O–H groups in total. The minimum atomic E-state index is -1.26. The van der Waals surface area contributed by atoms with Gasteiger partial charge in [0.25, 0.3) is 0 Å². The Morgan fingerprint density at radius 1 is 1.08 bits per heavy atom. The predicted octanol–water partition coefficient (Wildman–Crippen LogP) is 1.63. The molecule has 25 heavy (non-hydrogen) atoms. The number of rotatable bonds is 1. The molecule has 7 rings (SSSR count). The maximum Gasteiger partial charge on any atom is 0.117 e. The summed E-state index contributed by atoms with van der Waals surface area (Å²) >= 11 is 0. The third-order valence-corrected chi connectivity index (χ3v) is 10.7. The van der Waals surface area contributed by atoms with E-state index in [4.69, 9.17) is 0 Å². The number of likely N-dealkylation sites (tertiary alicyclic amines) is 1. The lowest BCUT2D eigenvalue weighted by Crippen LogP contribution is -2.72. The maximum absolute atomic E-state index is 11.4. The van der Waals surface area contributed by atoms with E-state index in [1.165, 1.54) is 32.2 Å². The van der Waals surface area contributed by atoms with Crippen molar-refractivity contribution in [3.05, 3.63) is 0 Å². The summed E-state index contributed by atoms with van der Waals surface area (Å²) in [5, 5.41) is 32.6. The summed E-state index contributed by atoms with van der Waals surface area (Å²) in [5.74, 6) is 1.94. The fourth-order valence-corrected chi connectivity index (χ4v) is 10.4. The molecule has 0 aromatic rings. The molecule has 7 aliphatic rings. The van der Waals surface area contributed by atoms with Gasteiger partial charge in [-0.15, -0.1) is 0 Å². The van der Waals surface area contributed by atoms with Gasteiger partial charge in [0.05, 0.1) is 12.7 Å². The molecule has 6 aliphatic carbocycles. The van der Waals surface area contributed by atoms with Crippen LogP contribution in [-0.2, 0) is 0 Å². The lowest BCUT2D eigenvalue weighted by molar-refractivity contribution is -0.287. The second kappa shape index (κ2) is 4.29. The molecule has 140 valence electrons. The number of fused-ring (bicyclic) bond motifs is 2. The van der Waals surface area contributed by atoms with Crippen LogP contribution in [0.15, 0.2) is 0 Å². The summed E-state index contributed by atoms with van der Waals surface area (Å²) in [6.45, 7) is 3.45. The standard InChI is InChI=1S/C21H33NO3/c1-18-5-3-6-20-14(18)9-13(16(20)22(2)10-18)19-7-4-12(8-15(19)20)21(25,11-23)17(19)24/h12-17,23-25H,3-11H2,1-2H3/t12?,13?,14-,15-,16?,17?,18+,19+,20+,21+/m1/s1. The Hall–Kier alpha value is -0.160. The van der Waals surface area contributed by atoms with Crippen molar-refractivity contribution < 1.29 is 15.3 Å². The Balaban J connectivity index is 1.56. The Labute approximate surface area is 150 Å². The van der Waals surface area contributed by atoms with Crippen LogP contribution in [0.25, 0.3) is 0 Å². The summed E-state index contributed by atoms with van der Waals surface area (Å²) in [6, 6.07) is 0.588. The first kappa shape index (κ1) is 15.9. The van der Waals surface area contributed by atoms with Crippen LogP contribution in [0.5, 0.6) is 0 Å². The molecule has 6 saturated carbocycles. The molecular formula is C21H33NO3. The SMILES string of the molecule is CN1C[C@]2(C)CCC[C@]34C1C(C[C@H]23)[C@@]12CCC(C[C@H]14)[C@@](O)(CO)C2O. The molecule has 4 heteroatoms. The monoisotopic (exact) mass is 347 g/mol. The van der Waals surface area contributed by atoms with Crippen LogP contribution in [-0.4, -0.2) is 58.2 Å². The Morgan fingerprint density at radius 3 is 2.64 bits per heavy atom. The van der Waals surface area contributed by atoms with Gasteiger partial charge in [-0.3, -0.25) is 0 Å². The first-order valence-corrected chi connectivity index (χ1v) is 10.6. The van der Waals surface area contributed by atoms with Crippen molar-refractivity contribution in [2.75, 3.05) is 20.2 Å². The number of aliphatic hydroxyl groups is 3. The smallest absolute Gasteiger partial charge is 0.117 e. The van der Waals surface area contributed by atoms with E-state index in [0.29, 0.717) is 28.7 Å². The molecule has 10 atom stereocenters. The van der Waals surface area contributed by atoms with Gasteiger partial charge < -0.3 is 20.2 Å². The van der Waals surface area contributed by atoms with Crippen LogP contribution in [0.4, 0.5) is 0 Å². The van der Waals surface area contributed by atoms with Crippen molar-refractivity contribution in [2.45, 2.75) is 69.6 Å². The molecule has 0 amide bonds. The minimum Gasteiger partial charge on any atom is -0.393 e. The van der Waals surface area contributed by atoms with Gasteiger partial charge in [-0.05, 0) is 80.1 Å². The minimum absolute atomic E-state index is 0.0762. The van der Waals surface area contributed by atoms with Gasteiger partial charge in [0.2, 0.25) is 0 Å². The highest BCUT2D eigenvalue weighted by atomic mass is 16.4. The Bertz CT molecular complexity index is 641. The van der Waals surface area contributed by atoms with Crippen molar-refractivity contribution in [3.63, 3.8) is 0 Å². The highest BCUT2D eigenvalue weighted by Crippen LogP contribution is 2.83. The van der Waals surface area contributed by atoms with E-state index in [2.05, 4.69) is 18.9 Å². The first-order valence-electron chi connectivity index (χ1n) is 10.6. The van der Waals surface area contributed by atoms with Gasteiger partial charge in [-0.1, -0.05) is 13.3 Å². The van der Waals surface area contributed by atoms with Gasteiger partial charge >= 0.3 is 0 Å². The third-order valence-electron chi connectivity index (χ3n) is 10.7. The van der Waals surface area contributed by atoms with E-state index in [-0.39, 0.29) is 17.9 Å². The van der Waals surface area contributed by atoms with Crippen LogP contribution in [0, 0.1) is 39.9 Å². The van der Waals surface area contributed by atoms with Gasteiger partial charge in [-0.25, -0.2) is 0 Å². The maximum atomic E-state index is 11.4. The lowest BCUT2D eigenvalue weighted by Gasteiger charge is -2.69. The van der Waals surface area contributed by atoms with Crippen LogP contribution < -0.4 is 0 Å². The average Bonchev–Trinajstić information content (AvgIpc) is 3.02. The van der Waals surface area contributed by atoms with Crippen molar-refractivity contribution >= 4 is 0 Å². The quantitative estimate of drug-likeness (QED) is 0.675. The molecule has 1 heterocycles. The highest BCUT2D eigenvalue weighted by Gasteiger charge is 2.84. The van der Waals surface area contributed by atoms with E-state index in [9.17, 15) is 15.3 Å². The van der Waals surface area contributed by atoms with Crippen LogP contribution in [0.2, 0.25) is 0 Å². The first-order chi connectivity index (χ1) is 11.8. The van der Waals surface area contributed by atoms with Crippen molar-refractivity contribution in [1.29, 1.82) is 0 Å². The Morgan fingerprint density at radius 2 is 1.88 bits per heavy atom. The van der Waals surface area contributed by atoms with E-state index in [1.54, 1.807) is 0 Å². The zero-order valence-electron chi connectivity index (χ0n) is 15.6. The predicted molar refractivity (Wildman–Crippen MR) is 93.7 cm³/mol. The van der Waals surface area contributed by atoms with Gasteiger partial charge in [0.15, 0.2) is 0 Å². The summed E-state index contributed by atoms with van der Waals surface area (Å²) in [7, 11) is 2.32. The number of piperidine rings is 1. The summed E-state index contributed by atoms with van der Waals surface area (Å²) in [6.07, 6.45) is 7.59. The van der Waals surface area contributed by atoms with E-state index < -0.39 is 11.7 Å². The molecule has 2 spiro atoms. The van der Waals surface area contributed by atoms with Gasteiger partial charge in [0, 0.05) is 18.0 Å². The van der Waals surface area contributed by atoms with Crippen LogP contribution >= 0.6 is 0 Å². The second-order valence-corrected chi connectivity index (χ2v) is 11.1. The van der Waals surface area contributed by atoms with E-state index in [1.807, 2.05) is 0 Å². The summed E-state index contributed by atoms with van der Waals surface area (Å²) in [5.41, 5.74) is -0.610. The normalized spacial score (nSPS) is 67.6. The van der Waals surface area contributed by atoms with E-state index in [0.717, 1.165) is 25.2 Å². The second-order valence-electron chi connectivity index (χ2n) is 11.1. The molecule has 0 aromatic heterocycles. The summed E-state index contributed by atoms with van der Waals surface area (Å²) in [4.78, 5) is 2.65. The van der Waals surface area contributed by atoms with Crippen molar-refractivity contribution in [3.8, 4) is 0 Å². The molecule has 1 aliphatic heterocycles. The molecule has 7 fully saturated rings. The zero-order chi connectivity index (χ0) is 17.4. The topological polar surface area (TPSA) is 63.9 Å². The van der Waals surface area contributed by atoms with Crippen molar-refractivity contribution in [2.24, 2.45) is 39.9 Å². The van der Waals surface area contributed by atoms with Crippen molar-refractivity contribution in [1.82, 2.24) is 4.90 Å². The molecule has 4 nitrogen and oxygen atoms in total.